The maximum Gasteiger partial charge on any atom is 0.255 e. The van der Waals surface area contributed by atoms with Crippen molar-refractivity contribution in [1.82, 2.24) is 4.98 Å². The molecule has 28 heavy (non-hydrogen) atoms. The van der Waals surface area contributed by atoms with Crippen molar-refractivity contribution >= 4 is 5.69 Å². The molecule has 4 nitrogen and oxygen atoms in total. The molecule has 1 saturated carbocycles. The molecule has 4 heteroatoms. The fourth-order valence-electron chi connectivity index (χ4n) is 3.97. The van der Waals surface area contributed by atoms with Crippen LogP contribution in [0.3, 0.4) is 0 Å². The summed E-state index contributed by atoms with van der Waals surface area (Å²) in [4.78, 5) is 15.1. The summed E-state index contributed by atoms with van der Waals surface area (Å²) in [6.07, 6.45) is 2.62. The maximum absolute atomic E-state index is 12.4. The molecule has 2 aromatic carbocycles. The van der Waals surface area contributed by atoms with E-state index in [2.05, 4.69) is 37.9 Å². The van der Waals surface area contributed by atoms with Crippen LogP contribution in [0.1, 0.15) is 55.7 Å². The number of aromatic hydroxyl groups is 1. The number of anilines is 1. The Morgan fingerprint density at radius 1 is 1.07 bits per heavy atom. The summed E-state index contributed by atoms with van der Waals surface area (Å²) in [7, 11) is 0. The summed E-state index contributed by atoms with van der Waals surface area (Å²) in [5.74, 6) is 0.961. The molecule has 2 atom stereocenters. The van der Waals surface area contributed by atoms with Crippen molar-refractivity contribution in [2.45, 2.75) is 44.4 Å². The predicted molar refractivity (Wildman–Crippen MR) is 114 cm³/mol. The lowest BCUT2D eigenvalue weighted by molar-refractivity contribution is 0.440. The topological polar surface area (TPSA) is 79.1 Å². The standard InChI is InChI=1S/C24H26N2O2/c1-24(2,3)21-12-15(17-5-4-10-26-23(17)28)11-20(22(21)27)19-13-18(19)14-6-8-16(25)9-7-14/h4-12,18-19,27H,13,25H2,1-3H3,(H,26,28)/t18-,19-/m1/s1. The van der Waals surface area contributed by atoms with Gasteiger partial charge in [-0.15, -0.1) is 0 Å². The van der Waals surface area contributed by atoms with Gasteiger partial charge >= 0.3 is 0 Å². The van der Waals surface area contributed by atoms with Crippen molar-refractivity contribution < 1.29 is 5.11 Å². The van der Waals surface area contributed by atoms with Gasteiger partial charge in [-0.3, -0.25) is 4.79 Å². The zero-order valence-corrected chi connectivity index (χ0v) is 16.5. The fourth-order valence-corrected chi connectivity index (χ4v) is 3.97. The number of pyridine rings is 1. The molecule has 3 aromatic rings. The van der Waals surface area contributed by atoms with E-state index in [1.807, 2.05) is 36.4 Å². The number of H-pyrrole nitrogens is 1. The third-order valence-electron chi connectivity index (χ3n) is 5.63. The molecule has 0 bridgehead atoms. The van der Waals surface area contributed by atoms with Gasteiger partial charge in [0.2, 0.25) is 0 Å². The van der Waals surface area contributed by atoms with E-state index in [0.29, 0.717) is 17.2 Å². The van der Waals surface area contributed by atoms with E-state index >= 15 is 0 Å². The largest absolute Gasteiger partial charge is 0.507 e. The monoisotopic (exact) mass is 374 g/mol. The van der Waals surface area contributed by atoms with Gasteiger partial charge in [-0.05, 0) is 76.8 Å². The lowest BCUT2D eigenvalue weighted by atomic mass is 9.82. The van der Waals surface area contributed by atoms with Crippen LogP contribution in [0, 0.1) is 0 Å². The molecule has 0 radical (unpaired) electrons. The number of nitrogen functional groups attached to an aromatic ring is 1. The summed E-state index contributed by atoms with van der Waals surface area (Å²) in [6, 6.07) is 15.6. The van der Waals surface area contributed by atoms with Crippen molar-refractivity contribution in [3.05, 3.63) is 81.8 Å². The molecule has 1 heterocycles. The average Bonchev–Trinajstić information content (AvgIpc) is 3.43. The minimum Gasteiger partial charge on any atom is -0.507 e. The quantitative estimate of drug-likeness (QED) is 0.571. The highest BCUT2D eigenvalue weighted by Gasteiger charge is 2.42. The first kappa shape index (κ1) is 18.4. The molecule has 0 aliphatic heterocycles. The zero-order chi connectivity index (χ0) is 20.1. The highest BCUT2D eigenvalue weighted by atomic mass is 16.3. The number of nitrogens with one attached hydrogen (secondary N) is 1. The van der Waals surface area contributed by atoms with Crippen molar-refractivity contribution in [1.29, 1.82) is 0 Å². The average molecular weight is 374 g/mol. The molecule has 4 N–H and O–H groups in total. The predicted octanol–water partition coefficient (Wildman–Crippen LogP) is 4.90. The van der Waals surface area contributed by atoms with Crippen molar-refractivity contribution in [3.8, 4) is 16.9 Å². The van der Waals surface area contributed by atoms with Crippen molar-refractivity contribution in [3.63, 3.8) is 0 Å². The number of hydrogen-bond acceptors (Lipinski definition) is 3. The smallest absolute Gasteiger partial charge is 0.255 e. The second kappa shape index (κ2) is 6.55. The molecule has 0 unspecified atom stereocenters. The van der Waals surface area contributed by atoms with Gasteiger partial charge in [-0.25, -0.2) is 0 Å². The third-order valence-corrected chi connectivity index (χ3v) is 5.63. The Balaban J connectivity index is 1.81. The summed E-state index contributed by atoms with van der Waals surface area (Å²) in [5, 5.41) is 11.1. The maximum atomic E-state index is 12.4. The molecular weight excluding hydrogens is 348 g/mol. The van der Waals surface area contributed by atoms with Crippen LogP contribution < -0.4 is 11.3 Å². The van der Waals surface area contributed by atoms with Gasteiger partial charge in [0.1, 0.15) is 5.75 Å². The molecular formula is C24H26N2O2. The van der Waals surface area contributed by atoms with E-state index in [1.54, 1.807) is 6.20 Å². The molecule has 0 amide bonds. The lowest BCUT2D eigenvalue weighted by Gasteiger charge is -2.23. The second-order valence-electron chi connectivity index (χ2n) is 8.74. The van der Waals surface area contributed by atoms with Crippen LogP contribution in [-0.2, 0) is 5.41 Å². The number of benzene rings is 2. The highest BCUT2D eigenvalue weighted by molar-refractivity contribution is 5.68. The fraction of sp³-hybridized carbons (Fsp3) is 0.292. The van der Waals surface area contributed by atoms with Gasteiger partial charge in [0.25, 0.3) is 5.56 Å². The summed E-state index contributed by atoms with van der Waals surface area (Å²) < 4.78 is 0. The molecule has 4 rings (SSSR count). The molecule has 144 valence electrons. The van der Waals surface area contributed by atoms with Gasteiger partial charge < -0.3 is 15.8 Å². The Morgan fingerprint density at radius 3 is 2.43 bits per heavy atom. The number of phenolic OH excluding ortho intramolecular Hbond substituents is 1. The first-order chi connectivity index (χ1) is 13.3. The Labute approximate surface area is 165 Å². The van der Waals surface area contributed by atoms with E-state index in [1.165, 1.54) is 5.56 Å². The number of nitrogens with two attached hydrogens (primary N) is 1. The summed E-state index contributed by atoms with van der Waals surface area (Å²) in [6.45, 7) is 6.24. The Morgan fingerprint density at radius 2 is 1.79 bits per heavy atom. The van der Waals surface area contributed by atoms with Crippen LogP contribution in [-0.4, -0.2) is 10.1 Å². The van der Waals surface area contributed by atoms with Gasteiger partial charge in [0, 0.05) is 23.0 Å². The number of aromatic amines is 1. The first-order valence-corrected chi connectivity index (χ1v) is 9.66. The lowest BCUT2D eigenvalue weighted by Crippen LogP contribution is -2.14. The molecule has 1 fully saturated rings. The van der Waals surface area contributed by atoms with E-state index < -0.39 is 0 Å². The number of phenols is 1. The zero-order valence-electron chi connectivity index (χ0n) is 16.5. The number of hydrogen-bond donors (Lipinski definition) is 3. The number of rotatable bonds is 3. The number of aromatic nitrogens is 1. The van der Waals surface area contributed by atoms with E-state index in [9.17, 15) is 9.90 Å². The van der Waals surface area contributed by atoms with Crippen LogP contribution in [0.4, 0.5) is 5.69 Å². The van der Waals surface area contributed by atoms with Crippen molar-refractivity contribution in [2.24, 2.45) is 0 Å². The van der Waals surface area contributed by atoms with E-state index in [-0.39, 0.29) is 16.9 Å². The Kier molecular flexibility index (Phi) is 4.30. The van der Waals surface area contributed by atoms with Crippen LogP contribution >= 0.6 is 0 Å². The first-order valence-electron chi connectivity index (χ1n) is 9.66. The van der Waals surface area contributed by atoms with Crippen LogP contribution in [0.25, 0.3) is 11.1 Å². The third kappa shape index (κ3) is 3.31. The molecule has 1 aromatic heterocycles. The summed E-state index contributed by atoms with van der Waals surface area (Å²) >= 11 is 0. The minimum absolute atomic E-state index is 0.120. The van der Waals surface area contributed by atoms with Gasteiger partial charge in [0.15, 0.2) is 0 Å². The van der Waals surface area contributed by atoms with Crippen LogP contribution in [0.15, 0.2) is 59.5 Å². The normalized spacial score (nSPS) is 18.8. The SMILES string of the molecule is CC(C)(C)c1cc(-c2ccc[nH]c2=O)cc([C@@H]2C[C@@H]2c2ccc(N)cc2)c1O. The highest BCUT2D eigenvalue weighted by Crippen LogP contribution is 2.58. The van der Waals surface area contributed by atoms with Crippen LogP contribution in [0.2, 0.25) is 0 Å². The van der Waals surface area contributed by atoms with Gasteiger partial charge in [0.05, 0.1) is 0 Å². The molecule has 0 spiro atoms. The van der Waals surface area contributed by atoms with E-state index in [0.717, 1.165) is 28.8 Å². The molecule has 1 aliphatic rings. The molecule has 1 aliphatic carbocycles. The van der Waals surface area contributed by atoms with E-state index in [4.69, 9.17) is 5.73 Å². The minimum atomic E-state index is -0.234. The van der Waals surface area contributed by atoms with Crippen LogP contribution in [0.5, 0.6) is 5.75 Å². The van der Waals surface area contributed by atoms with Crippen molar-refractivity contribution in [2.75, 3.05) is 5.73 Å². The summed E-state index contributed by atoms with van der Waals surface area (Å²) in [5.41, 5.74) is 10.7. The second-order valence-corrected chi connectivity index (χ2v) is 8.74. The Bertz CT molecular complexity index is 1070. The molecule has 0 saturated heterocycles. The Hall–Kier alpha value is -3.01. The van der Waals surface area contributed by atoms with Gasteiger partial charge in [-0.1, -0.05) is 32.9 Å². The van der Waals surface area contributed by atoms with Gasteiger partial charge in [-0.2, -0.15) is 0 Å².